The normalized spacial score (nSPS) is 10.5. The summed E-state index contributed by atoms with van der Waals surface area (Å²) in [5.74, 6) is -0.0728. The van der Waals surface area contributed by atoms with Crippen molar-refractivity contribution < 1.29 is 4.79 Å². The van der Waals surface area contributed by atoms with Crippen molar-refractivity contribution >= 4 is 5.91 Å². The first kappa shape index (κ1) is 16.9. The minimum absolute atomic E-state index is 0.0728. The first-order chi connectivity index (χ1) is 12.1. The van der Waals surface area contributed by atoms with Crippen LogP contribution in [-0.4, -0.2) is 17.4 Å². The lowest BCUT2D eigenvalue weighted by Gasteiger charge is -2.09. The van der Waals surface area contributed by atoms with Gasteiger partial charge in [-0.3, -0.25) is 9.78 Å². The van der Waals surface area contributed by atoms with E-state index in [9.17, 15) is 4.79 Å². The van der Waals surface area contributed by atoms with Crippen LogP contribution in [-0.2, 0) is 6.42 Å². The molecule has 0 aliphatic rings. The minimum atomic E-state index is -0.0728. The molecule has 3 aromatic rings. The van der Waals surface area contributed by atoms with E-state index >= 15 is 0 Å². The highest BCUT2D eigenvalue weighted by atomic mass is 16.1. The molecule has 25 heavy (non-hydrogen) atoms. The average Bonchev–Trinajstić information content (AvgIpc) is 2.63. The van der Waals surface area contributed by atoms with Crippen LogP contribution in [0.1, 0.15) is 27.2 Å². The van der Waals surface area contributed by atoms with Crippen LogP contribution < -0.4 is 5.32 Å². The quantitative estimate of drug-likeness (QED) is 0.756. The zero-order chi connectivity index (χ0) is 17.6. The number of amides is 1. The van der Waals surface area contributed by atoms with Gasteiger partial charge in [0.15, 0.2) is 0 Å². The standard InChI is InChI=1S/C22H22N2O/c1-16-8-10-19(11-9-16)21-13-12-20(17(2)24-21)22(25)23-15-14-18-6-4-3-5-7-18/h3-13H,14-15H2,1-2H3,(H,23,25). The highest BCUT2D eigenvalue weighted by molar-refractivity contribution is 5.95. The van der Waals surface area contributed by atoms with Gasteiger partial charge in [0.1, 0.15) is 0 Å². The van der Waals surface area contributed by atoms with E-state index in [-0.39, 0.29) is 5.91 Å². The van der Waals surface area contributed by atoms with Crippen molar-refractivity contribution in [1.29, 1.82) is 0 Å². The van der Waals surface area contributed by atoms with Crippen molar-refractivity contribution in [2.75, 3.05) is 6.54 Å². The third kappa shape index (κ3) is 4.32. The number of rotatable bonds is 5. The van der Waals surface area contributed by atoms with Gasteiger partial charge in [0.25, 0.3) is 5.91 Å². The Hall–Kier alpha value is -2.94. The van der Waals surface area contributed by atoms with Crippen molar-refractivity contribution in [2.24, 2.45) is 0 Å². The first-order valence-corrected chi connectivity index (χ1v) is 8.50. The second kappa shape index (κ2) is 7.75. The van der Waals surface area contributed by atoms with Gasteiger partial charge in [-0.25, -0.2) is 0 Å². The molecule has 3 heteroatoms. The Bertz CT molecular complexity index is 855. The molecule has 3 nitrogen and oxygen atoms in total. The van der Waals surface area contributed by atoms with Crippen LogP contribution in [0, 0.1) is 13.8 Å². The van der Waals surface area contributed by atoms with Crippen LogP contribution in [0.5, 0.6) is 0 Å². The van der Waals surface area contributed by atoms with Gasteiger partial charge < -0.3 is 5.32 Å². The van der Waals surface area contributed by atoms with Gasteiger partial charge >= 0.3 is 0 Å². The first-order valence-electron chi connectivity index (χ1n) is 8.50. The van der Waals surface area contributed by atoms with E-state index in [2.05, 4.69) is 53.6 Å². The topological polar surface area (TPSA) is 42.0 Å². The van der Waals surface area contributed by atoms with Crippen LogP contribution in [0.2, 0.25) is 0 Å². The second-order valence-corrected chi connectivity index (χ2v) is 6.19. The Balaban J connectivity index is 1.66. The zero-order valence-corrected chi connectivity index (χ0v) is 14.6. The molecular weight excluding hydrogens is 308 g/mol. The zero-order valence-electron chi connectivity index (χ0n) is 14.6. The predicted molar refractivity (Wildman–Crippen MR) is 102 cm³/mol. The summed E-state index contributed by atoms with van der Waals surface area (Å²) in [4.78, 5) is 17.0. The Morgan fingerprint density at radius 3 is 2.32 bits per heavy atom. The van der Waals surface area contributed by atoms with Crippen molar-refractivity contribution in [3.63, 3.8) is 0 Å². The second-order valence-electron chi connectivity index (χ2n) is 6.19. The summed E-state index contributed by atoms with van der Waals surface area (Å²) in [6.45, 7) is 4.55. The van der Waals surface area contributed by atoms with E-state index in [1.165, 1.54) is 11.1 Å². The lowest BCUT2D eigenvalue weighted by molar-refractivity contribution is 0.0953. The summed E-state index contributed by atoms with van der Waals surface area (Å²) in [6.07, 6.45) is 0.820. The molecule has 1 N–H and O–H groups in total. The van der Waals surface area contributed by atoms with Crippen molar-refractivity contribution in [1.82, 2.24) is 10.3 Å². The van der Waals surface area contributed by atoms with Gasteiger partial charge in [-0.05, 0) is 38.0 Å². The van der Waals surface area contributed by atoms with Crippen molar-refractivity contribution in [3.8, 4) is 11.3 Å². The number of pyridine rings is 1. The summed E-state index contributed by atoms with van der Waals surface area (Å²) >= 11 is 0. The largest absolute Gasteiger partial charge is 0.352 e. The number of carbonyl (C=O) groups is 1. The molecule has 0 radical (unpaired) electrons. The van der Waals surface area contributed by atoms with Gasteiger partial charge in [0.2, 0.25) is 0 Å². The molecule has 126 valence electrons. The van der Waals surface area contributed by atoms with Crippen LogP contribution in [0.4, 0.5) is 0 Å². The van der Waals surface area contributed by atoms with Gasteiger partial charge in [0, 0.05) is 12.1 Å². The van der Waals surface area contributed by atoms with Gasteiger partial charge in [0.05, 0.1) is 17.0 Å². The van der Waals surface area contributed by atoms with Gasteiger partial charge in [-0.1, -0.05) is 60.2 Å². The maximum atomic E-state index is 12.4. The number of nitrogens with one attached hydrogen (secondary N) is 1. The molecule has 1 heterocycles. The van der Waals surface area contributed by atoms with Crippen molar-refractivity contribution in [2.45, 2.75) is 20.3 Å². The molecule has 2 aromatic carbocycles. The summed E-state index contributed by atoms with van der Waals surface area (Å²) in [6, 6.07) is 22.1. The van der Waals surface area contributed by atoms with E-state index in [1.807, 2.05) is 37.3 Å². The Morgan fingerprint density at radius 1 is 0.920 bits per heavy atom. The molecule has 0 unspecified atom stereocenters. The lowest BCUT2D eigenvalue weighted by Crippen LogP contribution is -2.26. The van der Waals surface area contributed by atoms with Crippen LogP contribution in [0.3, 0.4) is 0 Å². The van der Waals surface area contributed by atoms with E-state index in [1.54, 1.807) is 0 Å². The Kier molecular flexibility index (Phi) is 5.24. The Labute approximate surface area is 148 Å². The number of hydrogen-bond donors (Lipinski definition) is 1. The smallest absolute Gasteiger partial charge is 0.253 e. The molecule has 1 aromatic heterocycles. The van der Waals surface area contributed by atoms with Gasteiger partial charge in [-0.15, -0.1) is 0 Å². The SMILES string of the molecule is Cc1ccc(-c2ccc(C(=O)NCCc3ccccc3)c(C)n2)cc1. The molecule has 3 rings (SSSR count). The number of nitrogens with zero attached hydrogens (tertiary/aromatic N) is 1. The maximum Gasteiger partial charge on any atom is 0.253 e. The van der Waals surface area contributed by atoms with Crippen LogP contribution in [0.25, 0.3) is 11.3 Å². The number of carbonyl (C=O) groups excluding carboxylic acids is 1. The molecule has 0 bridgehead atoms. The van der Waals surface area contributed by atoms with E-state index in [0.29, 0.717) is 12.1 Å². The number of aryl methyl sites for hydroxylation is 2. The van der Waals surface area contributed by atoms with E-state index in [0.717, 1.165) is 23.4 Å². The highest BCUT2D eigenvalue weighted by Crippen LogP contribution is 2.19. The molecule has 0 spiro atoms. The van der Waals surface area contributed by atoms with Gasteiger partial charge in [-0.2, -0.15) is 0 Å². The fourth-order valence-electron chi connectivity index (χ4n) is 2.75. The van der Waals surface area contributed by atoms with Crippen LogP contribution in [0.15, 0.2) is 66.7 Å². The average molecular weight is 330 g/mol. The van der Waals surface area contributed by atoms with Crippen LogP contribution >= 0.6 is 0 Å². The molecule has 0 saturated carbocycles. The third-order valence-corrected chi connectivity index (χ3v) is 4.22. The summed E-state index contributed by atoms with van der Waals surface area (Å²) in [5.41, 5.74) is 5.75. The summed E-state index contributed by atoms with van der Waals surface area (Å²) < 4.78 is 0. The number of benzene rings is 2. The van der Waals surface area contributed by atoms with E-state index in [4.69, 9.17) is 0 Å². The maximum absolute atomic E-state index is 12.4. The third-order valence-electron chi connectivity index (χ3n) is 4.22. The monoisotopic (exact) mass is 330 g/mol. The van der Waals surface area contributed by atoms with E-state index < -0.39 is 0 Å². The molecule has 0 saturated heterocycles. The summed E-state index contributed by atoms with van der Waals surface area (Å²) in [7, 11) is 0. The molecular formula is C22H22N2O. The fraction of sp³-hybridized carbons (Fsp3) is 0.182. The van der Waals surface area contributed by atoms with Crippen molar-refractivity contribution in [3.05, 3.63) is 89.1 Å². The predicted octanol–water partition coefficient (Wildman–Crippen LogP) is 4.34. The lowest BCUT2D eigenvalue weighted by atomic mass is 10.1. The minimum Gasteiger partial charge on any atom is -0.352 e. The molecule has 0 aliphatic heterocycles. The fourth-order valence-corrected chi connectivity index (χ4v) is 2.75. The molecule has 0 atom stereocenters. The highest BCUT2D eigenvalue weighted by Gasteiger charge is 2.11. The molecule has 1 amide bonds. The molecule has 0 fully saturated rings. The Morgan fingerprint density at radius 2 is 1.64 bits per heavy atom. The number of aromatic nitrogens is 1. The summed E-state index contributed by atoms with van der Waals surface area (Å²) in [5, 5.41) is 2.98. The number of hydrogen-bond acceptors (Lipinski definition) is 2. The molecule has 0 aliphatic carbocycles.